The van der Waals surface area contributed by atoms with Crippen LogP contribution in [-0.4, -0.2) is 17.0 Å². The van der Waals surface area contributed by atoms with E-state index in [1.807, 2.05) is 61.5 Å². The average Bonchev–Trinajstić information content (AvgIpc) is 3.38. The van der Waals surface area contributed by atoms with Gasteiger partial charge in [-0.3, -0.25) is 9.59 Å². The molecule has 1 spiro atoms. The van der Waals surface area contributed by atoms with Gasteiger partial charge in [0.05, 0.1) is 10.8 Å². The fraction of sp³-hybridized carbons (Fsp3) is 0.321. The number of amides is 2. The van der Waals surface area contributed by atoms with E-state index in [0.717, 1.165) is 34.0 Å². The van der Waals surface area contributed by atoms with Gasteiger partial charge in [0.25, 0.3) is 0 Å². The van der Waals surface area contributed by atoms with Gasteiger partial charge in [-0.05, 0) is 55.2 Å². The lowest BCUT2D eigenvalue weighted by Crippen LogP contribution is -2.63. The third kappa shape index (κ3) is 2.67. The molecule has 0 unspecified atom stereocenters. The first-order valence-electron chi connectivity index (χ1n) is 11.8. The van der Waals surface area contributed by atoms with E-state index in [1.54, 1.807) is 0 Å². The van der Waals surface area contributed by atoms with E-state index < -0.39 is 22.6 Å². The first-order valence-corrected chi connectivity index (χ1v) is 12.6. The number of allylic oxidation sites excluding steroid dienone is 2. The predicted molar refractivity (Wildman–Crippen MR) is 135 cm³/mol. The van der Waals surface area contributed by atoms with Crippen molar-refractivity contribution in [3.63, 3.8) is 0 Å². The van der Waals surface area contributed by atoms with E-state index >= 15 is 0 Å². The second kappa shape index (κ2) is 7.40. The van der Waals surface area contributed by atoms with Crippen LogP contribution in [0.5, 0.6) is 0 Å². The minimum Gasteiger partial charge on any atom is -0.369 e. The number of aryl methyl sites for hydroxylation is 1. The second-order valence-corrected chi connectivity index (χ2v) is 11.1. The zero-order valence-electron chi connectivity index (χ0n) is 19.3. The van der Waals surface area contributed by atoms with Crippen molar-refractivity contribution in [2.24, 2.45) is 34.1 Å². The highest BCUT2D eigenvalue weighted by Gasteiger charge is 2.82. The van der Waals surface area contributed by atoms with Crippen molar-refractivity contribution in [3.8, 4) is 11.3 Å². The van der Waals surface area contributed by atoms with Gasteiger partial charge >= 0.3 is 0 Å². The van der Waals surface area contributed by atoms with Crippen LogP contribution in [0.1, 0.15) is 29.7 Å². The molecule has 3 aromatic rings. The number of rotatable bonds is 6. The molecule has 0 aliphatic heterocycles. The summed E-state index contributed by atoms with van der Waals surface area (Å²) in [5.41, 5.74) is 13.0. The van der Waals surface area contributed by atoms with E-state index in [4.69, 9.17) is 16.0 Å². The molecule has 3 aliphatic carbocycles. The number of carbonyl (C=O) groups excluding carboxylic acids is 2. The van der Waals surface area contributed by atoms with Crippen LogP contribution in [0.3, 0.4) is 0 Å². The Morgan fingerprint density at radius 3 is 2.26 bits per heavy atom. The molecule has 2 fully saturated rings. The third-order valence-corrected chi connectivity index (χ3v) is 9.41. The van der Waals surface area contributed by atoms with Crippen molar-refractivity contribution in [2.75, 3.05) is 0 Å². The molecular weight excluding hydrogens is 506 g/mol. The maximum absolute atomic E-state index is 13.8. The summed E-state index contributed by atoms with van der Waals surface area (Å²) in [6.07, 6.45) is 6.29. The number of hydrogen-bond donors (Lipinski definition) is 2. The van der Waals surface area contributed by atoms with E-state index in [2.05, 4.69) is 33.2 Å². The smallest absolute Gasteiger partial charge is 0.229 e. The summed E-state index contributed by atoms with van der Waals surface area (Å²) >= 11 is 3.49. The molecular formula is C28H26BrN3O3. The number of benzene rings is 2. The van der Waals surface area contributed by atoms with Gasteiger partial charge in [-0.15, -0.1) is 0 Å². The molecule has 2 saturated carbocycles. The number of nitrogens with two attached hydrogens (primary N) is 2. The summed E-state index contributed by atoms with van der Waals surface area (Å²) in [5.74, 6) is -0.826. The van der Waals surface area contributed by atoms with E-state index in [9.17, 15) is 9.59 Å². The lowest BCUT2D eigenvalue weighted by atomic mass is 9.52. The van der Waals surface area contributed by atoms with Crippen molar-refractivity contribution in [1.82, 2.24) is 5.16 Å². The van der Waals surface area contributed by atoms with Crippen molar-refractivity contribution in [1.29, 1.82) is 0 Å². The minimum atomic E-state index is -1.28. The molecule has 178 valence electrons. The molecule has 1 aromatic heterocycles. The lowest BCUT2D eigenvalue weighted by molar-refractivity contribution is -0.143. The van der Waals surface area contributed by atoms with Gasteiger partial charge in [0.15, 0.2) is 0 Å². The number of aromatic nitrogens is 1. The average molecular weight is 532 g/mol. The van der Waals surface area contributed by atoms with Gasteiger partial charge < -0.3 is 16.0 Å². The summed E-state index contributed by atoms with van der Waals surface area (Å²) in [6.45, 7) is 1.84. The normalized spacial score (nSPS) is 29.5. The molecule has 2 bridgehead atoms. The summed E-state index contributed by atoms with van der Waals surface area (Å²) in [7, 11) is 0. The summed E-state index contributed by atoms with van der Waals surface area (Å²) in [6, 6.07) is 17.3. The molecule has 2 amide bonds. The summed E-state index contributed by atoms with van der Waals surface area (Å²) in [4.78, 5) is 27.5. The lowest BCUT2D eigenvalue weighted by Gasteiger charge is -2.48. The molecule has 2 aromatic carbocycles. The van der Waals surface area contributed by atoms with Crippen LogP contribution in [-0.2, 0) is 21.4 Å². The minimum absolute atomic E-state index is 0.185. The van der Waals surface area contributed by atoms with Crippen LogP contribution < -0.4 is 11.5 Å². The second-order valence-electron chi connectivity index (χ2n) is 10.2. The highest BCUT2D eigenvalue weighted by Crippen LogP contribution is 2.80. The zero-order chi connectivity index (χ0) is 24.6. The summed E-state index contributed by atoms with van der Waals surface area (Å²) in [5, 5.41) is 4.34. The van der Waals surface area contributed by atoms with Gasteiger partial charge in [-0.2, -0.15) is 0 Å². The van der Waals surface area contributed by atoms with Crippen LogP contribution in [0, 0.1) is 29.6 Å². The molecule has 4 N–H and O–H groups in total. The Hall–Kier alpha value is -3.19. The largest absolute Gasteiger partial charge is 0.369 e. The van der Waals surface area contributed by atoms with Crippen LogP contribution in [0.2, 0.25) is 0 Å². The third-order valence-electron chi connectivity index (χ3n) is 8.88. The predicted octanol–water partition coefficient (Wildman–Crippen LogP) is 4.45. The van der Waals surface area contributed by atoms with Crippen LogP contribution >= 0.6 is 15.9 Å². The Labute approximate surface area is 211 Å². The van der Waals surface area contributed by atoms with Gasteiger partial charge in [0.1, 0.15) is 11.5 Å². The van der Waals surface area contributed by atoms with Crippen LogP contribution in [0.4, 0.5) is 0 Å². The number of primary amides is 2. The molecule has 0 saturated heterocycles. The molecule has 7 heteroatoms. The number of hydrogen-bond acceptors (Lipinski definition) is 4. The van der Waals surface area contributed by atoms with Crippen molar-refractivity contribution < 1.29 is 14.1 Å². The highest BCUT2D eigenvalue weighted by atomic mass is 79.9. The highest BCUT2D eigenvalue weighted by molar-refractivity contribution is 9.10. The fourth-order valence-electron chi connectivity index (χ4n) is 7.37. The van der Waals surface area contributed by atoms with Crippen molar-refractivity contribution >= 4 is 27.7 Å². The molecule has 1 heterocycles. The Morgan fingerprint density at radius 2 is 1.66 bits per heavy atom. The van der Waals surface area contributed by atoms with E-state index in [1.165, 1.54) is 0 Å². The first kappa shape index (κ1) is 22.3. The molecule has 6 nitrogen and oxygen atoms in total. The van der Waals surface area contributed by atoms with Crippen molar-refractivity contribution in [3.05, 3.63) is 88.1 Å². The van der Waals surface area contributed by atoms with Crippen LogP contribution in [0.15, 0.2) is 75.7 Å². The Morgan fingerprint density at radius 1 is 1.00 bits per heavy atom. The number of carbonyl (C=O) groups is 2. The van der Waals surface area contributed by atoms with Gasteiger partial charge in [-0.1, -0.05) is 75.7 Å². The van der Waals surface area contributed by atoms with E-state index in [-0.39, 0.29) is 23.7 Å². The zero-order valence-corrected chi connectivity index (χ0v) is 20.9. The van der Waals surface area contributed by atoms with Gasteiger partial charge in [0, 0.05) is 21.5 Å². The molecule has 0 radical (unpaired) electrons. The number of nitrogens with zero attached hydrogens (tertiary/aromatic N) is 1. The van der Waals surface area contributed by atoms with Gasteiger partial charge in [0.2, 0.25) is 11.8 Å². The molecule has 3 aliphatic rings. The molecule has 4 atom stereocenters. The SMILES string of the molecule is Cc1onc(-c2ccccc2)c1C[C@@]1(C(N)=O)[C@@H]2C=C[C@@H](C23CC3)[C@@]1(C(N)=O)c1ccc(Br)cc1. The maximum atomic E-state index is 13.8. The maximum Gasteiger partial charge on any atom is 0.229 e. The number of halogens is 1. The van der Waals surface area contributed by atoms with Gasteiger partial charge in [-0.25, -0.2) is 0 Å². The molecule has 6 rings (SSSR count). The first-order chi connectivity index (χ1) is 16.8. The summed E-state index contributed by atoms with van der Waals surface area (Å²) < 4.78 is 6.52. The van der Waals surface area contributed by atoms with Crippen LogP contribution in [0.25, 0.3) is 11.3 Å². The standard InChI is InChI=1S/C28H26BrN3O3/c1-16-20(23(32-35-16)17-5-3-2-4-6-17)15-27(24(30)33)21-11-12-22(26(21)13-14-26)28(27,25(31)34)18-7-9-19(29)10-8-18/h2-12,21-22H,13-15H2,1H3,(H2,30,33)(H2,31,34)/t21-,22+,27+,28-/m1/s1. The topological polar surface area (TPSA) is 112 Å². The Kier molecular flexibility index (Phi) is 4.71. The quantitative estimate of drug-likeness (QED) is 0.457. The monoisotopic (exact) mass is 531 g/mol. The Balaban J connectivity index is 1.63. The van der Waals surface area contributed by atoms with Crippen molar-refractivity contribution in [2.45, 2.75) is 31.6 Å². The van der Waals surface area contributed by atoms with E-state index in [0.29, 0.717) is 11.5 Å². The molecule has 35 heavy (non-hydrogen) atoms. The Bertz CT molecular complexity index is 1380. The fourth-order valence-corrected chi connectivity index (χ4v) is 7.63.